The summed E-state index contributed by atoms with van der Waals surface area (Å²) in [5, 5.41) is 9.78. The van der Waals surface area contributed by atoms with Crippen molar-refractivity contribution in [3.63, 3.8) is 0 Å². The molecule has 3 aliphatic rings. The van der Waals surface area contributed by atoms with Crippen LogP contribution in [0, 0.1) is 5.82 Å². The molecular formula is C24H30ClFN6O3. The summed E-state index contributed by atoms with van der Waals surface area (Å²) < 4.78 is 25.6. The average Bonchev–Trinajstić information content (AvgIpc) is 2.89. The SMILES string of the molecule is O=C(N[C@@H](c1ccc(Cl)c(F)c1)[C@H]1CNCCO1)N1CCc2cnc(NC3CCOCC3)nc2C1. The van der Waals surface area contributed by atoms with Crippen LogP contribution in [0.15, 0.2) is 24.4 Å². The highest BCUT2D eigenvalue weighted by Gasteiger charge is 2.31. The molecule has 0 radical (unpaired) electrons. The molecule has 9 nitrogen and oxygen atoms in total. The number of rotatable bonds is 5. The van der Waals surface area contributed by atoms with Crippen molar-refractivity contribution in [1.82, 2.24) is 25.5 Å². The second-order valence-corrected chi connectivity index (χ2v) is 9.49. The Bertz CT molecular complexity index is 1050. The van der Waals surface area contributed by atoms with E-state index in [1.165, 1.54) is 12.1 Å². The topological polar surface area (TPSA) is 101 Å². The van der Waals surface area contributed by atoms with Crippen molar-refractivity contribution >= 4 is 23.6 Å². The smallest absolute Gasteiger partial charge is 0.318 e. The van der Waals surface area contributed by atoms with Crippen LogP contribution in [0.4, 0.5) is 15.1 Å². The first-order chi connectivity index (χ1) is 17.1. The van der Waals surface area contributed by atoms with Crippen molar-refractivity contribution in [3.8, 4) is 0 Å². The number of amides is 2. The molecule has 0 spiro atoms. The van der Waals surface area contributed by atoms with Gasteiger partial charge in [-0.15, -0.1) is 0 Å². The number of anilines is 1. The fourth-order valence-electron chi connectivity index (χ4n) is 4.69. The zero-order chi connectivity index (χ0) is 24.2. The highest BCUT2D eigenvalue weighted by atomic mass is 35.5. The Kier molecular flexibility index (Phi) is 7.62. The quantitative estimate of drug-likeness (QED) is 0.575. The van der Waals surface area contributed by atoms with E-state index in [-0.39, 0.29) is 23.2 Å². The van der Waals surface area contributed by atoms with Crippen molar-refractivity contribution < 1.29 is 18.7 Å². The molecule has 0 unspecified atom stereocenters. The zero-order valence-electron chi connectivity index (χ0n) is 19.4. The number of carbonyl (C=O) groups excluding carboxylic acids is 1. The second kappa shape index (κ2) is 11.0. The van der Waals surface area contributed by atoms with E-state index in [0.717, 1.165) is 43.9 Å². The van der Waals surface area contributed by atoms with E-state index in [1.54, 1.807) is 11.0 Å². The number of hydrogen-bond acceptors (Lipinski definition) is 7. The largest absolute Gasteiger partial charge is 0.381 e. The minimum Gasteiger partial charge on any atom is -0.381 e. The second-order valence-electron chi connectivity index (χ2n) is 9.08. The fraction of sp³-hybridized carbons (Fsp3) is 0.542. The van der Waals surface area contributed by atoms with Crippen LogP contribution in [0.2, 0.25) is 5.02 Å². The lowest BCUT2D eigenvalue weighted by molar-refractivity contribution is 0.00488. The number of ether oxygens (including phenoxy) is 2. The van der Waals surface area contributed by atoms with Crippen LogP contribution in [0.1, 0.15) is 35.7 Å². The van der Waals surface area contributed by atoms with E-state index in [0.29, 0.717) is 44.2 Å². The van der Waals surface area contributed by atoms with Gasteiger partial charge in [-0.25, -0.2) is 19.2 Å². The summed E-state index contributed by atoms with van der Waals surface area (Å²) in [6, 6.07) is 4.10. The Morgan fingerprint density at radius 1 is 1.29 bits per heavy atom. The molecule has 3 N–H and O–H groups in total. The summed E-state index contributed by atoms with van der Waals surface area (Å²) in [5.41, 5.74) is 2.49. The summed E-state index contributed by atoms with van der Waals surface area (Å²) in [4.78, 5) is 24.2. The molecule has 2 aromatic rings. The highest BCUT2D eigenvalue weighted by molar-refractivity contribution is 6.30. The van der Waals surface area contributed by atoms with E-state index in [1.807, 2.05) is 6.20 Å². The maximum Gasteiger partial charge on any atom is 0.318 e. The van der Waals surface area contributed by atoms with Crippen LogP contribution in [-0.2, 0) is 22.4 Å². The van der Waals surface area contributed by atoms with Gasteiger partial charge in [-0.1, -0.05) is 17.7 Å². The Morgan fingerprint density at radius 2 is 2.14 bits per heavy atom. The number of benzene rings is 1. The third-order valence-electron chi connectivity index (χ3n) is 6.70. The standard InChI is InChI=1S/C24H30ClFN6O3/c25-18-2-1-15(11-19(18)26)22(21-13-27-6-10-35-21)31-24(33)32-7-3-16-12-28-23(30-20(16)14-32)29-17-4-8-34-9-5-17/h1-2,11-12,17,21-22,27H,3-10,13-14H2,(H,31,33)(H,28,29,30)/t21-,22+/m1/s1. The molecular weight excluding hydrogens is 475 g/mol. The van der Waals surface area contributed by atoms with E-state index >= 15 is 0 Å². The molecule has 0 bridgehead atoms. The summed E-state index contributed by atoms with van der Waals surface area (Å²) in [7, 11) is 0. The maximum absolute atomic E-state index is 14.2. The molecule has 3 aliphatic heterocycles. The molecule has 11 heteroatoms. The molecule has 1 aromatic carbocycles. The van der Waals surface area contributed by atoms with Gasteiger partial charge in [0.2, 0.25) is 5.95 Å². The van der Waals surface area contributed by atoms with Gasteiger partial charge in [0, 0.05) is 45.1 Å². The lowest BCUT2D eigenvalue weighted by Gasteiger charge is -2.35. The van der Waals surface area contributed by atoms with Gasteiger partial charge in [0.05, 0.1) is 36.0 Å². The number of aromatic nitrogens is 2. The van der Waals surface area contributed by atoms with Crippen molar-refractivity contribution in [2.24, 2.45) is 0 Å². The number of hydrogen-bond donors (Lipinski definition) is 3. The van der Waals surface area contributed by atoms with Crippen LogP contribution in [0.3, 0.4) is 0 Å². The van der Waals surface area contributed by atoms with E-state index < -0.39 is 11.9 Å². The molecule has 2 atom stereocenters. The van der Waals surface area contributed by atoms with Gasteiger partial charge in [0.25, 0.3) is 0 Å². The number of urea groups is 1. The van der Waals surface area contributed by atoms with Gasteiger partial charge < -0.3 is 30.3 Å². The van der Waals surface area contributed by atoms with Crippen molar-refractivity contribution in [2.45, 2.75) is 44.0 Å². The third kappa shape index (κ3) is 5.83. The molecule has 35 heavy (non-hydrogen) atoms. The maximum atomic E-state index is 14.2. The van der Waals surface area contributed by atoms with Crippen LogP contribution >= 0.6 is 11.6 Å². The van der Waals surface area contributed by atoms with Gasteiger partial charge in [-0.3, -0.25) is 0 Å². The van der Waals surface area contributed by atoms with Crippen LogP contribution in [0.25, 0.3) is 0 Å². The van der Waals surface area contributed by atoms with Crippen molar-refractivity contribution in [3.05, 3.63) is 52.1 Å². The third-order valence-corrected chi connectivity index (χ3v) is 7.00. The summed E-state index contributed by atoms with van der Waals surface area (Å²) in [6.45, 7) is 4.18. The monoisotopic (exact) mass is 504 g/mol. The number of fused-ring (bicyclic) bond motifs is 1. The number of halogens is 2. The number of morpholine rings is 1. The first kappa shape index (κ1) is 24.2. The Labute approximate surface area is 208 Å². The predicted octanol–water partition coefficient (Wildman–Crippen LogP) is 2.66. The van der Waals surface area contributed by atoms with Gasteiger partial charge in [0.1, 0.15) is 5.82 Å². The molecule has 4 heterocycles. The molecule has 2 fully saturated rings. The molecule has 188 valence electrons. The van der Waals surface area contributed by atoms with Crippen LogP contribution in [-0.4, -0.2) is 72.5 Å². The van der Waals surface area contributed by atoms with E-state index in [2.05, 4.69) is 20.9 Å². The van der Waals surface area contributed by atoms with Crippen LogP contribution < -0.4 is 16.0 Å². The summed E-state index contributed by atoms with van der Waals surface area (Å²) in [6.07, 6.45) is 4.02. The lowest BCUT2D eigenvalue weighted by atomic mass is 10.00. The Hall–Kier alpha value is -2.53. The molecule has 0 saturated carbocycles. The predicted molar refractivity (Wildman–Crippen MR) is 129 cm³/mol. The van der Waals surface area contributed by atoms with Crippen molar-refractivity contribution in [2.75, 3.05) is 44.8 Å². The number of nitrogens with zero attached hydrogens (tertiary/aromatic N) is 3. The summed E-state index contributed by atoms with van der Waals surface area (Å²) >= 11 is 5.88. The van der Waals surface area contributed by atoms with Gasteiger partial charge in [-0.05, 0) is 42.5 Å². The molecule has 5 rings (SSSR count). The minimum atomic E-state index is -0.528. The van der Waals surface area contributed by atoms with Gasteiger partial charge in [-0.2, -0.15) is 0 Å². The molecule has 0 aliphatic carbocycles. The first-order valence-corrected chi connectivity index (χ1v) is 12.5. The normalized spacial score (nSPS) is 21.8. The van der Waals surface area contributed by atoms with Crippen LogP contribution in [0.5, 0.6) is 0 Å². The zero-order valence-corrected chi connectivity index (χ0v) is 20.2. The number of carbonyl (C=O) groups is 1. The molecule has 2 amide bonds. The van der Waals surface area contributed by atoms with E-state index in [9.17, 15) is 9.18 Å². The Morgan fingerprint density at radius 3 is 2.91 bits per heavy atom. The lowest BCUT2D eigenvalue weighted by Crippen LogP contribution is -2.51. The highest BCUT2D eigenvalue weighted by Crippen LogP contribution is 2.26. The average molecular weight is 505 g/mol. The first-order valence-electron chi connectivity index (χ1n) is 12.1. The van der Waals surface area contributed by atoms with Crippen molar-refractivity contribution in [1.29, 1.82) is 0 Å². The number of nitrogens with one attached hydrogen (secondary N) is 3. The fourth-order valence-corrected chi connectivity index (χ4v) is 4.81. The van der Waals surface area contributed by atoms with Gasteiger partial charge >= 0.3 is 6.03 Å². The summed E-state index contributed by atoms with van der Waals surface area (Å²) in [5.74, 6) is 0.0504. The molecule has 1 aromatic heterocycles. The van der Waals surface area contributed by atoms with Gasteiger partial charge in [0.15, 0.2) is 0 Å². The molecule has 2 saturated heterocycles. The minimum absolute atomic E-state index is 0.0407. The van der Waals surface area contributed by atoms with E-state index in [4.69, 9.17) is 26.1 Å². The Balaban J connectivity index is 1.29.